The average Bonchev–Trinajstić information content (AvgIpc) is 2.41. The van der Waals surface area contributed by atoms with Crippen molar-refractivity contribution >= 4 is 11.9 Å². The fourth-order valence-corrected chi connectivity index (χ4v) is 1.55. The predicted molar refractivity (Wildman–Crippen MR) is 65.9 cm³/mol. The Balaban J connectivity index is 2.64. The van der Waals surface area contributed by atoms with Gasteiger partial charge in [-0.3, -0.25) is 4.79 Å². The number of aromatic carboxylic acids is 2. The number of H-pyrrole nitrogens is 1. The molecule has 0 amide bonds. The molecule has 0 radical (unpaired) electrons. The van der Waals surface area contributed by atoms with Gasteiger partial charge in [-0.25, -0.2) is 14.6 Å². The summed E-state index contributed by atoms with van der Waals surface area (Å²) in [6.07, 6.45) is 0. The van der Waals surface area contributed by atoms with Gasteiger partial charge >= 0.3 is 11.9 Å². The van der Waals surface area contributed by atoms with Crippen LogP contribution in [0.25, 0.3) is 11.4 Å². The topological polar surface area (TPSA) is 141 Å². The molecule has 0 aliphatic carbocycles. The fraction of sp³-hybridized carbons (Fsp3) is 0. The van der Waals surface area contributed by atoms with E-state index in [0.29, 0.717) is 0 Å². The number of nitrogens with zero attached hydrogens (tertiary/aromatic N) is 1. The molecule has 2 aromatic rings. The smallest absolute Gasteiger partial charge is 0.358 e. The van der Waals surface area contributed by atoms with Crippen LogP contribution in [0.15, 0.2) is 29.1 Å². The van der Waals surface area contributed by atoms with Crippen molar-refractivity contribution in [1.82, 2.24) is 9.97 Å². The molecular weight excluding hydrogens is 268 g/mol. The summed E-state index contributed by atoms with van der Waals surface area (Å²) in [4.78, 5) is 38.9. The van der Waals surface area contributed by atoms with Crippen molar-refractivity contribution in [3.63, 3.8) is 0 Å². The van der Waals surface area contributed by atoms with Crippen LogP contribution in [0.2, 0.25) is 0 Å². The predicted octanol–water partition coefficient (Wildman–Crippen LogP) is 0.539. The number of aromatic nitrogens is 2. The summed E-state index contributed by atoms with van der Waals surface area (Å²) in [6, 6.07) is 5.44. The van der Waals surface area contributed by atoms with Crippen LogP contribution in [0.5, 0.6) is 5.75 Å². The quantitative estimate of drug-likeness (QED) is 0.641. The van der Waals surface area contributed by atoms with Crippen molar-refractivity contribution in [3.05, 3.63) is 45.9 Å². The van der Waals surface area contributed by atoms with E-state index in [4.69, 9.17) is 10.2 Å². The monoisotopic (exact) mass is 276 g/mol. The van der Waals surface area contributed by atoms with Gasteiger partial charge in [0.25, 0.3) is 5.56 Å². The van der Waals surface area contributed by atoms with E-state index in [9.17, 15) is 19.5 Å². The Hall–Kier alpha value is -3.16. The Morgan fingerprint density at radius 1 is 1.15 bits per heavy atom. The van der Waals surface area contributed by atoms with Gasteiger partial charge in [0.1, 0.15) is 5.82 Å². The summed E-state index contributed by atoms with van der Waals surface area (Å²) in [5.41, 5.74) is -1.66. The van der Waals surface area contributed by atoms with E-state index in [2.05, 4.69) is 9.97 Å². The first-order valence-electron chi connectivity index (χ1n) is 5.30. The number of carboxylic acid groups (broad SMARTS) is 2. The maximum atomic E-state index is 11.4. The van der Waals surface area contributed by atoms with Gasteiger partial charge in [0.05, 0.1) is 5.56 Å². The molecule has 0 aliphatic heterocycles. The molecule has 4 N–H and O–H groups in total. The first-order chi connectivity index (χ1) is 9.40. The molecule has 8 nitrogen and oxygen atoms in total. The zero-order chi connectivity index (χ0) is 14.9. The summed E-state index contributed by atoms with van der Waals surface area (Å²) in [7, 11) is 0. The number of rotatable bonds is 3. The van der Waals surface area contributed by atoms with Crippen molar-refractivity contribution < 1.29 is 24.9 Å². The fourth-order valence-electron chi connectivity index (χ4n) is 1.55. The second-order valence-electron chi connectivity index (χ2n) is 3.80. The number of carbonyl (C=O) groups is 2. The summed E-state index contributed by atoms with van der Waals surface area (Å²) in [5, 5.41) is 27.0. The molecule has 8 heteroatoms. The summed E-state index contributed by atoms with van der Waals surface area (Å²) >= 11 is 0. The molecule has 0 atom stereocenters. The Kier molecular flexibility index (Phi) is 3.21. The molecule has 0 saturated carbocycles. The Morgan fingerprint density at radius 2 is 1.85 bits per heavy atom. The van der Waals surface area contributed by atoms with E-state index >= 15 is 0 Å². The Labute approximate surface area is 111 Å². The first kappa shape index (κ1) is 13.3. The molecule has 0 fully saturated rings. The molecular formula is C12H8N2O6. The van der Waals surface area contributed by atoms with Crippen LogP contribution >= 0.6 is 0 Å². The van der Waals surface area contributed by atoms with E-state index in [1.807, 2.05) is 0 Å². The van der Waals surface area contributed by atoms with Gasteiger partial charge < -0.3 is 20.3 Å². The van der Waals surface area contributed by atoms with Crippen molar-refractivity contribution in [2.45, 2.75) is 0 Å². The summed E-state index contributed by atoms with van der Waals surface area (Å²) in [6.45, 7) is 0. The number of carboxylic acids is 2. The minimum Gasteiger partial charge on any atom is -0.501 e. The third-order valence-electron chi connectivity index (χ3n) is 2.48. The van der Waals surface area contributed by atoms with Crippen LogP contribution in [0, 0.1) is 0 Å². The first-order valence-corrected chi connectivity index (χ1v) is 5.30. The lowest BCUT2D eigenvalue weighted by atomic mass is 10.1. The van der Waals surface area contributed by atoms with Crippen LogP contribution in [-0.2, 0) is 0 Å². The van der Waals surface area contributed by atoms with Gasteiger partial charge in [0.2, 0.25) is 5.75 Å². The standard InChI is InChI=1S/C12H8N2O6/c15-8-7(12(19)20)13-9(14-10(8)16)5-2-1-3-6(4-5)11(17)18/h1-4,15H,(H,17,18)(H,19,20)(H,13,14,16). The van der Waals surface area contributed by atoms with E-state index in [-0.39, 0.29) is 17.0 Å². The van der Waals surface area contributed by atoms with Gasteiger partial charge in [-0.1, -0.05) is 12.1 Å². The van der Waals surface area contributed by atoms with Crippen LogP contribution in [-0.4, -0.2) is 37.2 Å². The number of aromatic amines is 1. The largest absolute Gasteiger partial charge is 0.501 e. The van der Waals surface area contributed by atoms with E-state index in [1.54, 1.807) is 0 Å². The molecule has 1 aromatic carbocycles. The highest BCUT2D eigenvalue weighted by Gasteiger charge is 2.17. The number of benzene rings is 1. The van der Waals surface area contributed by atoms with Crippen molar-refractivity contribution in [2.75, 3.05) is 0 Å². The summed E-state index contributed by atoms with van der Waals surface area (Å²) < 4.78 is 0. The molecule has 102 valence electrons. The lowest BCUT2D eigenvalue weighted by Gasteiger charge is -2.04. The van der Waals surface area contributed by atoms with Gasteiger partial charge in [-0.15, -0.1) is 0 Å². The molecule has 1 aromatic heterocycles. The second-order valence-corrected chi connectivity index (χ2v) is 3.80. The maximum Gasteiger partial charge on any atom is 0.358 e. The van der Waals surface area contributed by atoms with Crippen molar-refractivity contribution in [1.29, 1.82) is 0 Å². The molecule has 0 spiro atoms. The normalized spacial score (nSPS) is 10.2. The lowest BCUT2D eigenvalue weighted by molar-refractivity contribution is 0.0679. The SMILES string of the molecule is O=C(O)c1cccc(-c2nc(C(=O)O)c(O)c(=O)[nH]2)c1. The van der Waals surface area contributed by atoms with Gasteiger partial charge in [-0.2, -0.15) is 0 Å². The van der Waals surface area contributed by atoms with Gasteiger partial charge in [-0.05, 0) is 12.1 Å². The zero-order valence-corrected chi connectivity index (χ0v) is 9.82. The van der Waals surface area contributed by atoms with Gasteiger partial charge in [0.15, 0.2) is 5.69 Å². The van der Waals surface area contributed by atoms with E-state index < -0.39 is 28.9 Å². The number of nitrogens with one attached hydrogen (secondary N) is 1. The Bertz CT molecular complexity index is 765. The molecule has 2 rings (SSSR count). The third-order valence-corrected chi connectivity index (χ3v) is 2.48. The van der Waals surface area contributed by atoms with E-state index in [0.717, 1.165) is 0 Å². The van der Waals surface area contributed by atoms with Crippen molar-refractivity contribution in [3.8, 4) is 17.1 Å². The molecule has 1 heterocycles. The third kappa shape index (κ3) is 2.34. The zero-order valence-electron chi connectivity index (χ0n) is 9.82. The second kappa shape index (κ2) is 4.84. The van der Waals surface area contributed by atoms with Crippen LogP contribution in [0.4, 0.5) is 0 Å². The van der Waals surface area contributed by atoms with E-state index in [1.165, 1.54) is 24.3 Å². The van der Waals surface area contributed by atoms with Crippen molar-refractivity contribution in [2.24, 2.45) is 0 Å². The Morgan fingerprint density at radius 3 is 2.45 bits per heavy atom. The number of aromatic hydroxyl groups is 1. The number of hydrogen-bond donors (Lipinski definition) is 4. The molecule has 0 saturated heterocycles. The molecule has 0 unspecified atom stereocenters. The van der Waals surface area contributed by atoms with Crippen LogP contribution in [0.1, 0.15) is 20.8 Å². The maximum absolute atomic E-state index is 11.4. The highest BCUT2D eigenvalue weighted by Crippen LogP contribution is 2.18. The molecule has 0 bridgehead atoms. The lowest BCUT2D eigenvalue weighted by Crippen LogP contribution is -2.15. The highest BCUT2D eigenvalue weighted by atomic mass is 16.4. The van der Waals surface area contributed by atoms with Gasteiger partial charge in [0, 0.05) is 5.56 Å². The van der Waals surface area contributed by atoms with Crippen LogP contribution < -0.4 is 5.56 Å². The number of hydrogen-bond acceptors (Lipinski definition) is 5. The molecule has 0 aliphatic rings. The highest BCUT2D eigenvalue weighted by molar-refractivity contribution is 5.90. The minimum atomic E-state index is -1.57. The average molecular weight is 276 g/mol. The molecule has 20 heavy (non-hydrogen) atoms. The summed E-state index contributed by atoms with van der Waals surface area (Å²) in [5.74, 6) is -3.89. The van der Waals surface area contributed by atoms with Crippen LogP contribution in [0.3, 0.4) is 0 Å². The minimum absolute atomic E-state index is 0.0462.